The number of nitriles is 2. The van der Waals surface area contributed by atoms with Crippen molar-refractivity contribution in [3.8, 4) is 34.7 Å². The van der Waals surface area contributed by atoms with E-state index in [1.165, 1.54) is 6.92 Å². The first kappa shape index (κ1) is 19.3. The van der Waals surface area contributed by atoms with Crippen LogP contribution in [0.3, 0.4) is 0 Å². The monoisotopic (exact) mass is 399 g/mol. The molecule has 0 radical (unpaired) electrons. The summed E-state index contributed by atoms with van der Waals surface area (Å²) in [7, 11) is 1.89. The van der Waals surface area contributed by atoms with Gasteiger partial charge in [-0.25, -0.2) is 9.50 Å². The van der Waals surface area contributed by atoms with Crippen molar-refractivity contribution in [1.82, 2.24) is 34.2 Å². The van der Waals surface area contributed by atoms with Crippen LogP contribution in [-0.2, 0) is 7.05 Å². The number of fused-ring (bicyclic) bond motifs is 1. The minimum Gasteiger partial charge on any atom is -0.275 e. The van der Waals surface area contributed by atoms with Crippen LogP contribution in [0.15, 0.2) is 37.1 Å². The van der Waals surface area contributed by atoms with E-state index < -0.39 is 0 Å². The van der Waals surface area contributed by atoms with E-state index in [4.69, 9.17) is 15.5 Å². The molecule has 4 aromatic rings. The molecule has 1 aliphatic carbocycles. The van der Waals surface area contributed by atoms with E-state index in [1.807, 2.05) is 54.0 Å². The smallest absolute Gasteiger partial charge is 0.0999 e. The van der Waals surface area contributed by atoms with Crippen LogP contribution in [0.2, 0.25) is 0 Å². The fourth-order valence-electron chi connectivity index (χ4n) is 3.59. The summed E-state index contributed by atoms with van der Waals surface area (Å²) in [4.78, 5) is 4.90. The Labute approximate surface area is 173 Å². The van der Waals surface area contributed by atoms with Gasteiger partial charge < -0.3 is 0 Å². The average Bonchev–Trinajstić information content (AvgIpc) is 3.40. The Morgan fingerprint density at radius 3 is 2.47 bits per heavy atom. The topological polar surface area (TPSA) is 113 Å². The Kier molecular flexibility index (Phi) is 5.03. The Bertz CT molecular complexity index is 1270. The van der Waals surface area contributed by atoms with Gasteiger partial charge in [0.15, 0.2) is 0 Å². The van der Waals surface area contributed by atoms with Gasteiger partial charge in [-0.2, -0.15) is 25.8 Å². The van der Waals surface area contributed by atoms with Gasteiger partial charge in [0.1, 0.15) is 0 Å². The molecule has 0 aromatic carbocycles. The summed E-state index contributed by atoms with van der Waals surface area (Å²) in [6, 6.07) is 6.40. The average molecular weight is 399 g/mol. The van der Waals surface area contributed by atoms with E-state index in [1.54, 1.807) is 16.9 Å². The van der Waals surface area contributed by atoms with Gasteiger partial charge in [-0.15, -0.1) is 0 Å². The zero-order valence-electron chi connectivity index (χ0n) is 17.1. The number of aromatic nitrogens is 7. The van der Waals surface area contributed by atoms with Crippen LogP contribution >= 0.6 is 0 Å². The normalized spacial score (nSPS) is 17.5. The van der Waals surface area contributed by atoms with E-state index in [-0.39, 0.29) is 5.92 Å². The van der Waals surface area contributed by atoms with Gasteiger partial charge >= 0.3 is 0 Å². The summed E-state index contributed by atoms with van der Waals surface area (Å²) in [5.74, 6) is 0.152. The van der Waals surface area contributed by atoms with Gasteiger partial charge in [-0.3, -0.25) is 9.36 Å². The lowest BCUT2D eigenvalue weighted by Crippen LogP contribution is -2.25. The highest BCUT2D eigenvalue weighted by molar-refractivity contribution is 5.78. The summed E-state index contributed by atoms with van der Waals surface area (Å²) >= 11 is 0. The lowest BCUT2D eigenvalue weighted by Gasteiger charge is -2.30. The second kappa shape index (κ2) is 7.80. The summed E-state index contributed by atoms with van der Waals surface area (Å²) in [6.07, 6.45) is 11.3. The second-order valence-corrected chi connectivity index (χ2v) is 7.38. The SMILES string of the molecule is CC#N.Cc1cc2c(-c3cnn(C4CC(C#N)C4)c3)nc(-c3cnn(C)c3)cn2n1. The molecule has 150 valence electrons. The zero-order valence-corrected chi connectivity index (χ0v) is 17.1. The van der Waals surface area contributed by atoms with Gasteiger partial charge in [-0.05, 0) is 25.8 Å². The van der Waals surface area contributed by atoms with Crippen molar-refractivity contribution in [2.45, 2.75) is 32.7 Å². The lowest BCUT2D eigenvalue weighted by molar-refractivity contribution is 0.230. The molecule has 1 aliphatic rings. The van der Waals surface area contributed by atoms with E-state index in [2.05, 4.69) is 21.4 Å². The fraction of sp³-hybridized carbons (Fsp3) is 0.333. The van der Waals surface area contributed by atoms with Gasteiger partial charge in [0.2, 0.25) is 0 Å². The minimum atomic E-state index is 0.152. The summed E-state index contributed by atoms with van der Waals surface area (Å²) in [6.45, 7) is 3.40. The van der Waals surface area contributed by atoms with E-state index in [0.717, 1.165) is 46.6 Å². The van der Waals surface area contributed by atoms with E-state index >= 15 is 0 Å². The van der Waals surface area contributed by atoms with Gasteiger partial charge in [0.25, 0.3) is 0 Å². The third-order valence-corrected chi connectivity index (χ3v) is 5.12. The summed E-state index contributed by atoms with van der Waals surface area (Å²) < 4.78 is 5.59. The standard InChI is InChI=1S/C19H18N8.C2H3N/c1-12-3-18-19(15-8-22-26(10-15)16-4-13(5-16)6-20)23-17(11-27(18)24-12)14-7-21-25(2)9-14;1-2-3/h3,7-11,13,16H,4-5H2,1-2H3;1H3. The first-order valence-electron chi connectivity index (χ1n) is 9.63. The Morgan fingerprint density at radius 1 is 1.07 bits per heavy atom. The molecule has 0 saturated heterocycles. The molecular formula is C21H21N9. The fourth-order valence-corrected chi connectivity index (χ4v) is 3.59. The Balaban J connectivity index is 0.000000687. The molecule has 0 spiro atoms. The molecule has 9 heteroatoms. The molecule has 0 unspecified atom stereocenters. The largest absolute Gasteiger partial charge is 0.275 e. The molecule has 1 saturated carbocycles. The molecule has 5 rings (SSSR count). The first-order valence-corrected chi connectivity index (χ1v) is 9.63. The first-order chi connectivity index (χ1) is 14.5. The lowest BCUT2D eigenvalue weighted by atomic mass is 9.81. The quantitative estimate of drug-likeness (QED) is 0.522. The Morgan fingerprint density at radius 2 is 1.80 bits per heavy atom. The van der Waals surface area contributed by atoms with Gasteiger partial charge in [0, 0.05) is 37.5 Å². The molecule has 1 fully saturated rings. The van der Waals surface area contributed by atoms with Crippen LogP contribution in [0, 0.1) is 35.5 Å². The number of aryl methyl sites for hydroxylation is 2. The second-order valence-electron chi connectivity index (χ2n) is 7.38. The van der Waals surface area contributed by atoms with Crippen LogP contribution in [0.4, 0.5) is 0 Å². The van der Waals surface area contributed by atoms with Crippen LogP contribution in [0.25, 0.3) is 28.0 Å². The van der Waals surface area contributed by atoms with Crippen LogP contribution in [-0.4, -0.2) is 34.2 Å². The van der Waals surface area contributed by atoms with Crippen molar-refractivity contribution in [2.24, 2.45) is 13.0 Å². The molecule has 4 aromatic heterocycles. The van der Waals surface area contributed by atoms with Crippen molar-refractivity contribution < 1.29 is 0 Å². The predicted molar refractivity (Wildman–Crippen MR) is 110 cm³/mol. The molecule has 0 atom stereocenters. The molecular weight excluding hydrogens is 378 g/mol. The van der Waals surface area contributed by atoms with Crippen LogP contribution in [0.1, 0.15) is 31.5 Å². The molecule has 0 amide bonds. The van der Waals surface area contributed by atoms with Crippen molar-refractivity contribution in [3.05, 3.63) is 42.7 Å². The summed E-state index contributed by atoms with van der Waals surface area (Å²) in [5, 5.41) is 29.6. The third-order valence-electron chi connectivity index (χ3n) is 5.12. The third kappa shape index (κ3) is 3.53. The van der Waals surface area contributed by atoms with Gasteiger partial charge in [0.05, 0.1) is 65.3 Å². The maximum absolute atomic E-state index is 8.99. The molecule has 4 heterocycles. The van der Waals surface area contributed by atoms with Crippen molar-refractivity contribution >= 4 is 5.52 Å². The maximum Gasteiger partial charge on any atom is 0.0999 e. The maximum atomic E-state index is 8.99. The highest BCUT2D eigenvalue weighted by atomic mass is 15.3. The van der Waals surface area contributed by atoms with Crippen LogP contribution in [0.5, 0.6) is 0 Å². The molecule has 0 bridgehead atoms. The summed E-state index contributed by atoms with van der Waals surface area (Å²) in [5.41, 5.74) is 5.44. The highest BCUT2D eigenvalue weighted by Gasteiger charge is 2.31. The highest BCUT2D eigenvalue weighted by Crippen LogP contribution is 2.37. The predicted octanol–water partition coefficient (Wildman–Crippen LogP) is 3.31. The van der Waals surface area contributed by atoms with E-state index in [9.17, 15) is 0 Å². The van der Waals surface area contributed by atoms with Crippen molar-refractivity contribution in [3.63, 3.8) is 0 Å². The molecule has 9 nitrogen and oxygen atoms in total. The molecule has 0 aliphatic heterocycles. The molecule has 0 N–H and O–H groups in total. The Hall–Kier alpha value is -3.98. The molecule has 30 heavy (non-hydrogen) atoms. The minimum absolute atomic E-state index is 0.152. The van der Waals surface area contributed by atoms with E-state index in [0.29, 0.717) is 6.04 Å². The number of hydrogen-bond acceptors (Lipinski definition) is 6. The van der Waals surface area contributed by atoms with Crippen molar-refractivity contribution in [2.75, 3.05) is 0 Å². The number of rotatable bonds is 3. The number of nitrogens with zero attached hydrogens (tertiary/aromatic N) is 9. The van der Waals surface area contributed by atoms with Crippen LogP contribution < -0.4 is 0 Å². The van der Waals surface area contributed by atoms with Crippen molar-refractivity contribution in [1.29, 1.82) is 10.5 Å². The zero-order chi connectivity index (χ0) is 21.3. The van der Waals surface area contributed by atoms with Gasteiger partial charge in [-0.1, -0.05) is 0 Å². The number of hydrogen-bond donors (Lipinski definition) is 0.